The van der Waals surface area contributed by atoms with Crippen molar-refractivity contribution in [1.82, 2.24) is 0 Å². The molecule has 0 spiro atoms. The average molecular weight is 232 g/mol. The van der Waals surface area contributed by atoms with Crippen molar-refractivity contribution in [3.05, 3.63) is 23.8 Å². The van der Waals surface area contributed by atoms with Gasteiger partial charge in [0.15, 0.2) is 5.78 Å². The molecule has 0 N–H and O–H groups in total. The van der Waals surface area contributed by atoms with Gasteiger partial charge in [0.1, 0.15) is 11.5 Å². The van der Waals surface area contributed by atoms with Crippen molar-refractivity contribution in [2.75, 3.05) is 13.7 Å². The number of ketones is 1. The van der Waals surface area contributed by atoms with E-state index in [1.54, 1.807) is 32.2 Å². The Hall–Kier alpha value is -1.95. The predicted octanol–water partition coefficient (Wildman–Crippen LogP) is 2.69. The van der Waals surface area contributed by atoms with Gasteiger partial charge in [0, 0.05) is 12.5 Å². The topological polar surface area (TPSA) is 35.5 Å². The minimum absolute atomic E-state index is 0.0239. The molecule has 0 amide bonds. The number of hydrogen-bond acceptors (Lipinski definition) is 3. The van der Waals surface area contributed by atoms with Crippen LogP contribution in [0.15, 0.2) is 18.2 Å². The number of Topliss-reactive ketones (excluding diaryl/α,β-unsaturated/α-hetero) is 1. The largest absolute Gasteiger partial charge is 0.497 e. The van der Waals surface area contributed by atoms with Crippen LogP contribution in [0, 0.1) is 11.8 Å². The molecule has 0 atom stereocenters. The number of carbonyl (C=O) groups is 1. The Morgan fingerprint density at radius 1 is 1.41 bits per heavy atom. The third-order valence-corrected chi connectivity index (χ3v) is 2.23. The van der Waals surface area contributed by atoms with Gasteiger partial charge >= 0.3 is 0 Å². The van der Waals surface area contributed by atoms with E-state index in [4.69, 9.17) is 9.47 Å². The quantitative estimate of drug-likeness (QED) is 0.445. The van der Waals surface area contributed by atoms with Crippen LogP contribution in [0.3, 0.4) is 0 Å². The Labute approximate surface area is 102 Å². The number of benzene rings is 1. The number of rotatable bonds is 5. The van der Waals surface area contributed by atoms with Crippen molar-refractivity contribution in [3.8, 4) is 23.3 Å². The standard InChI is InChI=1S/C14H16O3/c1-4-5-6-9-17-14-10-12(16-3)7-8-13(14)11(2)15/h7-8,10H,6,9H2,1-3H3. The molecule has 1 rings (SSSR count). The second-order valence-electron chi connectivity index (χ2n) is 3.44. The molecule has 17 heavy (non-hydrogen) atoms. The summed E-state index contributed by atoms with van der Waals surface area (Å²) in [5.41, 5.74) is 0.565. The van der Waals surface area contributed by atoms with Gasteiger partial charge in [-0.2, -0.15) is 0 Å². The SMILES string of the molecule is CC#CCCOc1cc(OC)ccc1C(C)=O. The summed E-state index contributed by atoms with van der Waals surface area (Å²) >= 11 is 0. The lowest BCUT2D eigenvalue weighted by Crippen LogP contribution is -2.02. The van der Waals surface area contributed by atoms with Gasteiger partial charge < -0.3 is 9.47 Å². The van der Waals surface area contributed by atoms with E-state index in [-0.39, 0.29) is 5.78 Å². The molecule has 0 aliphatic heterocycles. The number of carbonyl (C=O) groups excluding carboxylic acids is 1. The normalized spacial score (nSPS) is 9.12. The lowest BCUT2D eigenvalue weighted by Gasteiger charge is -2.10. The maximum Gasteiger partial charge on any atom is 0.163 e. The molecule has 0 aromatic heterocycles. The first-order valence-electron chi connectivity index (χ1n) is 5.40. The summed E-state index contributed by atoms with van der Waals surface area (Å²) in [7, 11) is 1.58. The molecular formula is C14H16O3. The predicted molar refractivity (Wildman–Crippen MR) is 66.6 cm³/mol. The molecule has 1 aromatic rings. The molecule has 0 aliphatic rings. The van der Waals surface area contributed by atoms with Crippen molar-refractivity contribution < 1.29 is 14.3 Å². The van der Waals surface area contributed by atoms with E-state index in [1.165, 1.54) is 6.92 Å². The van der Waals surface area contributed by atoms with E-state index in [0.29, 0.717) is 30.1 Å². The molecule has 0 saturated carbocycles. The minimum atomic E-state index is -0.0239. The smallest absolute Gasteiger partial charge is 0.163 e. The van der Waals surface area contributed by atoms with Crippen LogP contribution in [-0.2, 0) is 0 Å². The molecule has 0 unspecified atom stereocenters. The summed E-state index contributed by atoms with van der Waals surface area (Å²) in [6.07, 6.45) is 0.644. The molecule has 90 valence electrons. The molecule has 0 fully saturated rings. The molecule has 0 heterocycles. The second kappa shape index (κ2) is 6.59. The van der Waals surface area contributed by atoms with Crippen LogP contribution in [0.2, 0.25) is 0 Å². The van der Waals surface area contributed by atoms with Crippen LogP contribution < -0.4 is 9.47 Å². The lowest BCUT2D eigenvalue weighted by molar-refractivity contribution is 0.101. The lowest BCUT2D eigenvalue weighted by atomic mass is 10.1. The first-order valence-corrected chi connectivity index (χ1v) is 5.40. The zero-order valence-corrected chi connectivity index (χ0v) is 10.4. The van der Waals surface area contributed by atoms with Gasteiger partial charge in [-0.15, -0.1) is 11.8 Å². The van der Waals surface area contributed by atoms with Crippen molar-refractivity contribution in [2.45, 2.75) is 20.3 Å². The fourth-order valence-electron chi connectivity index (χ4n) is 1.38. The molecule has 0 aliphatic carbocycles. The van der Waals surface area contributed by atoms with E-state index >= 15 is 0 Å². The fourth-order valence-corrected chi connectivity index (χ4v) is 1.38. The Balaban J connectivity index is 2.84. The van der Waals surface area contributed by atoms with Crippen molar-refractivity contribution >= 4 is 5.78 Å². The van der Waals surface area contributed by atoms with Crippen LogP contribution in [0.4, 0.5) is 0 Å². The van der Waals surface area contributed by atoms with E-state index in [0.717, 1.165) is 0 Å². The Kier molecular flexibility index (Phi) is 5.09. The first kappa shape index (κ1) is 13.1. The zero-order chi connectivity index (χ0) is 12.7. The maximum absolute atomic E-state index is 11.4. The van der Waals surface area contributed by atoms with Crippen LogP contribution in [0.1, 0.15) is 30.6 Å². The van der Waals surface area contributed by atoms with Gasteiger partial charge in [-0.1, -0.05) is 0 Å². The highest BCUT2D eigenvalue weighted by molar-refractivity contribution is 5.97. The average Bonchev–Trinajstić information content (AvgIpc) is 2.34. The minimum Gasteiger partial charge on any atom is -0.497 e. The van der Waals surface area contributed by atoms with Crippen LogP contribution in [-0.4, -0.2) is 19.5 Å². The van der Waals surface area contributed by atoms with Crippen LogP contribution in [0.25, 0.3) is 0 Å². The molecule has 3 nitrogen and oxygen atoms in total. The van der Waals surface area contributed by atoms with Crippen LogP contribution >= 0.6 is 0 Å². The molecule has 0 bridgehead atoms. The third kappa shape index (κ3) is 3.84. The van der Waals surface area contributed by atoms with E-state index in [2.05, 4.69) is 11.8 Å². The Bertz CT molecular complexity index is 452. The number of methoxy groups -OCH3 is 1. The monoisotopic (exact) mass is 232 g/mol. The second-order valence-corrected chi connectivity index (χ2v) is 3.44. The van der Waals surface area contributed by atoms with Gasteiger partial charge in [0.25, 0.3) is 0 Å². The summed E-state index contributed by atoms with van der Waals surface area (Å²) in [5, 5.41) is 0. The Morgan fingerprint density at radius 3 is 2.76 bits per heavy atom. The summed E-state index contributed by atoms with van der Waals surface area (Å²) < 4.78 is 10.6. The van der Waals surface area contributed by atoms with E-state index in [9.17, 15) is 4.79 Å². The highest BCUT2D eigenvalue weighted by atomic mass is 16.5. The van der Waals surface area contributed by atoms with E-state index < -0.39 is 0 Å². The fraction of sp³-hybridized carbons (Fsp3) is 0.357. The highest BCUT2D eigenvalue weighted by Gasteiger charge is 2.09. The highest BCUT2D eigenvalue weighted by Crippen LogP contribution is 2.25. The number of ether oxygens (including phenoxy) is 2. The zero-order valence-electron chi connectivity index (χ0n) is 10.4. The van der Waals surface area contributed by atoms with Gasteiger partial charge in [0.2, 0.25) is 0 Å². The third-order valence-electron chi connectivity index (χ3n) is 2.23. The number of hydrogen-bond donors (Lipinski definition) is 0. The summed E-state index contributed by atoms with van der Waals surface area (Å²) in [6, 6.07) is 5.17. The van der Waals surface area contributed by atoms with Gasteiger partial charge in [-0.25, -0.2) is 0 Å². The van der Waals surface area contributed by atoms with Crippen molar-refractivity contribution in [1.29, 1.82) is 0 Å². The molecule has 0 radical (unpaired) electrons. The van der Waals surface area contributed by atoms with Crippen molar-refractivity contribution in [3.63, 3.8) is 0 Å². The molecule has 0 saturated heterocycles. The summed E-state index contributed by atoms with van der Waals surface area (Å²) in [5.74, 6) is 6.90. The first-order chi connectivity index (χ1) is 8.19. The Morgan fingerprint density at radius 2 is 2.18 bits per heavy atom. The van der Waals surface area contributed by atoms with Crippen LogP contribution in [0.5, 0.6) is 11.5 Å². The van der Waals surface area contributed by atoms with Gasteiger partial charge in [-0.05, 0) is 26.0 Å². The van der Waals surface area contributed by atoms with Crippen molar-refractivity contribution in [2.24, 2.45) is 0 Å². The summed E-state index contributed by atoms with van der Waals surface area (Å²) in [4.78, 5) is 11.4. The van der Waals surface area contributed by atoms with E-state index in [1.807, 2.05) is 0 Å². The van der Waals surface area contributed by atoms with Gasteiger partial charge in [-0.3, -0.25) is 4.79 Å². The molecular weight excluding hydrogens is 216 g/mol. The summed E-state index contributed by atoms with van der Waals surface area (Å²) in [6.45, 7) is 3.77. The molecule has 3 heteroatoms. The van der Waals surface area contributed by atoms with Gasteiger partial charge in [0.05, 0.1) is 19.3 Å². The maximum atomic E-state index is 11.4. The molecule has 1 aromatic carbocycles.